The van der Waals surface area contributed by atoms with Crippen molar-refractivity contribution in [3.8, 4) is 0 Å². The summed E-state index contributed by atoms with van der Waals surface area (Å²) in [5.41, 5.74) is 0.513. The Bertz CT molecular complexity index is 903. The number of hydrogen-bond donors (Lipinski definition) is 0. The van der Waals surface area contributed by atoms with E-state index in [4.69, 9.17) is 14.2 Å². The molecular weight excluding hydrogens is 386 g/mol. The van der Waals surface area contributed by atoms with Crippen LogP contribution >= 0.6 is 0 Å². The first kappa shape index (κ1) is 22.4. The number of ether oxygens (including phenoxy) is 3. The average molecular weight is 418 g/mol. The number of methoxy groups -OCH3 is 2. The van der Waals surface area contributed by atoms with E-state index in [2.05, 4.69) is 4.98 Å². The van der Waals surface area contributed by atoms with Crippen molar-refractivity contribution < 1.29 is 23.8 Å². The SMILES string of the molecule is CCOC(C)n1c(C(=O)C2CCN(C(C)(OC)C(=O)OC)CC2)nc2ccccc21. The van der Waals surface area contributed by atoms with Gasteiger partial charge in [0, 0.05) is 32.7 Å². The van der Waals surface area contributed by atoms with Gasteiger partial charge in [-0.3, -0.25) is 14.3 Å². The summed E-state index contributed by atoms with van der Waals surface area (Å²) >= 11 is 0. The minimum absolute atomic E-state index is 0.00888. The van der Waals surface area contributed by atoms with E-state index in [0.717, 1.165) is 11.0 Å². The lowest BCUT2D eigenvalue weighted by atomic mass is 9.91. The van der Waals surface area contributed by atoms with E-state index in [1.54, 1.807) is 6.92 Å². The number of esters is 1. The molecule has 1 aliphatic rings. The summed E-state index contributed by atoms with van der Waals surface area (Å²) in [4.78, 5) is 32.2. The zero-order valence-corrected chi connectivity index (χ0v) is 18.4. The summed E-state index contributed by atoms with van der Waals surface area (Å²) in [5.74, 6) is -0.181. The number of benzene rings is 1. The highest BCUT2D eigenvalue weighted by Crippen LogP contribution is 2.30. The first-order valence-corrected chi connectivity index (χ1v) is 10.4. The Hall–Kier alpha value is -2.29. The predicted molar refractivity (Wildman–Crippen MR) is 112 cm³/mol. The van der Waals surface area contributed by atoms with Crippen LogP contribution in [0.5, 0.6) is 0 Å². The van der Waals surface area contributed by atoms with Gasteiger partial charge in [-0.1, -0.05) is 12.1 Å². The second-order valence-corrected chi connectivity index (χ2v) is 7.65. The Balaban J connectivity index is 1.83. The van der Waals surface area contributed by atoms with Crippen LogP contribution in [-0.2, 0) is 19.0 Å². The Morgan fingerprint density at radius 3 is 2.50 bits per heavy atom. The molecule has 1 aromatic carbocycles. The van der Waals surface area contributed by atoms with Crippen molar-refractivity contribution in [2.45, 2.75) is 45.6 Å². The van der Waals surface area contributed by atoms with Gasteiger partial charge in [0.15, 0.2) is 5.82 Å². The summed E-state index contributed by atoms with van der Waals surface area (Å²) in [5, 5.41) is 0. The second kappa shape index (κ2) is 9.24. The van der Waals surface area contributed by atoms with Gasteiger partial charge in [0.1, 0.15) is 6.23 Å². The fourth-order valence-electron chi connectivity index (χ4n) is 4.18. The van der Waals surface area contributed by atoms with Crippen LogP contribution in [0.25, 0.3) is 11.0 Å². The zero-order chi connectivity index (χ0) is 21.9. The lowest BCUT2D eigenvalue weighted by molar-refractivity contribution is -0.192. The molecule has 0 aliphatic carbocycles. The molecule has 8 heteroatoms. The molecule has 164 valence electrons. The minimum atomic E-state index is -1.15. The van der Waals surface area contributed by atoms with E-state index in [-0.39, 0.29) is 17.9 Å². The maximum Gasteiger partial charge on any atom is 0.353 e. The summed E-state index contributed by atoms with van der Waals surface area (Å²) in [6.07, 6.45) is 0.930. The number of aromatic nitrogens is 2. The van der Waals surface area contributed by atoms with Crippen molar-refractivity contribution in [1.29, 1.82) is 0 Å². The molecule has 2 heterocycles. The standard InChI is InChI=1S/C22H31N3O5/c1-6-30-15(2)25-18-10-8-7-9-17(18)23-20(25)19(26)16-11-13-24(14-12-16)22(3,29-5)21(27)28-4/h7-10,15-16H,6,11-14H2,1-5H3. The van der Waals surface area contributed by atoms with Crippen LogP contribution in [0, 0.1) is 5.92 Å². The summed E-state index contributed by atoms with van der Waals surface area (Å²) in [6.45, 7) is 7.21. The molecule has 1 aliphatic heterocycles. The van der Waals surface area contributed by atoms with E-state index in [0.29, 0.717) is 38.4 Å². The highest BCUT2D eigenvalue weighted by atomic mass is 16.6. The maximum absolute atomic E-state index is 13.4. The van der Waals surface area contributed by atoms with Crippen LogP contribution in [0.3, 0.4) is 0 Å². The van der Waals surface area contributed by atoms with E-state index in [1.165, 1.54) is 14.2 Å². The Labute approximate surface area is 177 Å². The summed E-state index contributed by atoms with van der Waals surface area (Å²) in [6, 6.07) is 7.71. The molecule has 0 amide bonds. The number of carbonyl (C=O) groups excluding carboxylic acids is 2. The van der Waals surface area contributed by atoms with Gasteiger partial charge in [-0.15, -0.1) is 0 Å². The molecule has 0 bridgehead atoms. The topological polar surface area (TPSA) is 82.9 Å². The Kier molecular flexibility index (Phi) is 6.90. The number of hydrogen-bond acceptors (Lipinski definition) is 7. The number of nitrogens with zero attached hydrogens (tertiary/aromatic N) is 3. The number of carbonyl (C=O) groups is 2. The van der Waals surface area contributed by atoms with Crippen LogP contribution in [0.2, 0.25) is 0 Å². The smallest absolute Gasteiger partial charge is 0.353 e. The average Bonchev–Trinajstić information content (AvgIpc) is 3.17. The molecule has 0 spiro atoms. The predicted octanol–water partition coefficient (Wildman–Crippen LogP) is 3.02. The highest BCUT2D eigenvalue weighted by molar-refractivity contribution is 5.98. The Morgan fingerprint density at radius 2 is 1.90 bits per heavy atom. The van der Waals surface area contributed by atoms with E-state index >= 15 is 0 Å². The molecule has 2 unspecified atom stereocenters. The molecule has 8 nitrogen and oxygen atoms in total. The number of rotatable bonds is 8. The van der Waals surface area contributed by atoms with Crippen LogP contribution < -0.4 is 0 Å². The van der Waals surface area contributed by atoms with Gasteiger partial charge in [0.2, 0.25) is 11.5 Å². The third kappa shape index (κ3) is 3.99. The fourth-order valence-corrected chi connectivity index (χ4v) is 4.18. The molecule has 0 radical (unpaired) electrons. The third-order valence-corrected chi connectivity index (χ3v) is 6.02. The van der Waals surface area contributed by atoms with E-state index in [1.807, 2.05) is 47.6 Å². The van der Waals surface area contributed by atoms with Crippen molar-refractivity contribution in [1.82, 2.24) is 14.5 Å². The third-order valence-electron chi connectivity index (χ3n) is 6.02. The van der Waals surface area contributed by atoms with Crippen molar-refractivity contribution in [3.63, 3.8) is 0 Å². The number of Topliss-reactive ketones (excluding diaryl/α,β-unsaturated/α-hetero) is 1. The van der Waals surface area contributed by atoms with Gasteiger partial charge < -0.3 is 14.2 Å². The number of likely N-dealkylation sites (tertiary alicyclic amines) is 1. The van der Waals surface area contributed by atoms with Crippen LogP contribution in [-0.4, -0.2) is 65.8 Å². The summed E-state index contributed by atoms with van der Waals surface area (Å²) < 4.78 is 18.0. The number of imidazole rings is 1. The van der Waals surface area contributed by atoms with E-state index in [9.17, 15) is 9.59 Å². The number of para-hydroxylation sites is 2. The van der Waals surface area contributed by atoms with Crippen LogP contribution in [0.1, 0.15) is 50.5 Å². The van der Waals surface area contributed by atoms with Crippen molar-refractivity contribution in [2.24, 2.45) is 5.92 Å². The maximum atomic E-state index is 13.4. The fraction of sp³-hybridized carbons (Fsp3) is 0.591. The first-order valence-electron chi connectivity index (χ1n) is 10.4. The molecule has 3 rings (SSSR count). The quantitative estimate of drug-likeness (QED) is 0.482. The van der Waals surface area contributed by atoms with Crippen molar-refractivity contribution in [2.75, 3.05) is 33.9 Å². The molecule has 2 aromatic rings. The summed E-state index contributed by atoms with van der Waals surface area (Å²) in [7, 11) is 2.84. The minimum Gasteiger partial charge on any atom is -0.466 e. The van der Waals surface area contributed by atoms with E-state index < -0.39 is 11.7 Å². The number of fused-ring (bicyclic) bond motifs is 1. The van der Waals surface area contributed by atoms with Gasteiger partial charge >= 0.3 is 5.97 Å². The molecule has 1 aromatic heterocycles. The molecule has 1 saturated heterocycles. The van der Waals surface area contributed by atoms with Crippen LogP contribution in [0.15, 0.2) is 24.3 Å². The normalized spacial score (nSPS) is 18.8. The van der Waals surface area contributed by atoms with Gasteiger partial charge in [0.05, 0.1) is 18.1 Å². The number of ketones is 1. The van der Waals surface area contributed by atoms with Crippen molar-refractivity contribution >= 4 is 22.8 Å². The Morgan fingerprint density at radius 1 is 1.23 bits per heavy atom. The zero-order valence-electron chi connectivity index (χ0n) is 18.4. The molecule has 2 atom stereocenters. The highest BCUT2D eigenvalue weighted by Gasteiger charge is 2.43. The molecule has 0 saturated carbocycles. The van der Waals surface area contributed by atoms with Crippen LogP contribution in [0.4, 0.5) is 0 Å². The lowest BCUT2D eigenvalue weighted by Crippen LogP contribution is -2.57. The number of piperidine rings is 1. The van der Waals surface area contributed by atoms with Gasteiger partial charge in [0.25, 0.3) is 0 Å². The lowest BCUT2D eigenvalue weighted by Gasteiger charge is -2.41. The second-order valence-electron chi connectivity index (χ2n) is 7.65. The van der Waals surface area contributed by atoms with Gasteiger partial charge in [-0.05, 0) is 45.7 Å². The van der Waals surface area contributed by atoms with Gasteiger partial charge in [-0.2, -0.15) is 0 Å². The molecule has 0 N–H and O–H groups in total. The van der Waals surface area contributed by atoms with Crippen molar-refractivity contribution in [3.05, 3.63) is 30.1 Å². The molecular formula is C22H31N3O5. The molecule has 1 fully saturated rings. The molecule has 30 heavy (non-hydrogen) atoms. The monoisotopic (exact) mass is 417 g/mol. The largest absolute Gasteiger partial charge is 0.466 e. The first-order chi connectivity index (χ1) is 14.4. The van der Waals surface area contributed by atoms with Gasteiger partial charge in [-0.25, -0.2) is 9.78 Å².